The smallest absolute Gasteiger partial charge is 0.409 e. The second-order valence-electron chi connectivity index (χ2n) is 4.00. The third kappa shape index (κ3) is 3.52. The second kappa shape index (κ2) is 6.12. The first-order chi connectivity index (χ1) is 9.08. The van der Waals surface area contributed by atoms with E-state index in [9.17, 15) is 9.59 Å². The molecule has 1 aliphatic heterocycles. The van der Waals surface area contributed by atoms with E-state index in [1.807, 2.05) is 0 Å². The summed E-state index contributed by atoms with van der Waals surface area (Å²) in [6.07, 6.45) is -0.222. The average Bonchev–Trinajstić information content (AvgIpc) is 2.77. The van der Waals surface area contributed by atoms with Crippen molar-refractivity contribution in [3.8, 4) is 0 Å². The summed E-state index contributed by atoms with van der Waals surface area (Å²) < 4.78 is 4.77. The van der Waals surface area contributed by atoms with Crippen LogP contribution >= 0.6 is 23.2 Å². The summed E-state index contributed by atoms with van der Waals surface area (Å²) in [4.78, 5) is 24.4. The van der Waals surface area contributed by atoms with Crippen LogP contribution in [0.4, 0.5) is 10.5 Å². The molecule has 1 aromatic carbocycles. The van der Waals surface area contributed by atoms with Crippen LogP contribution in [0.2, 0.25) is 10.0 Å². The highest BCUT2D eigenvalue weighted by Crippen LogP contribution is 2.29. The van der Waals surface area contributed by atoms with Crippen molar-refractivity contribution in [1.29, 1.82) is 0 Å². The Kier molecular flexibility index (Phi) is 4.50. The Labute approximate surface area is 120 Å². The molecule has 0 spiro atoms. The van der Waals surface area contributed by atoms with Crippen LogP contribution in [0.5, 0.6) is 0 Å². The van der Waals surface area contributed by atoms with Gasteiger partial charge in [0.15, 0.2) is 0 Å². The fraction of sp³-hybridized carbons (Fsp3) is 0.333. The van der Waals surface area contributed by atoms with Crippen molar-refractivity contribution >= 4 is 40.9 Å². The summed E-state index contributed by atoms with van der Waals surface area (Å²) >= 11 is 11.9. The van der Waals surface area contributed by atoms with Crippen molar-refractivity contribution in [3.05, 3.63) is 28.2 Å². The molecule has 1 heterocycles. The summed E-state index contributed by atoms with van der Waals surface area (Å²) in [6.45, 7) is 1.20. The highest BCUT2D eigenvalue weighted by molar-refractivity contribution is 6.39. The molecule has 1 saturated heterocycles. The monoisotopic (exact) mass is 302 g/mol. The number of cyclic esters (lactones) is 1. The number of carbonyl (C=O) groups is 2. The SMILES string of the molecule is O=C(CCN1CCOC1=O)Nc1c(Cl)cccc1Cl. The number of halogens is 2. The molecule has 0 saturated carbocycles. The van der Waals surface area contributed by atoms with Gasteiger partial charge in [0, 0.05) is 13.0 Å². The van der Waals surface area contributed by atoms with Gasteiger partial charge in [-0.1, -0.05) is 29.3 Å². The van der Waals surface area contributed by atoms with Gasteiger partial charge in [0.25, 0.3) is 0 Å². The molecular formula is C12H12Cl2N2O3. The number of nitrogens with zero attached hydrogens (tertiary/aromatic N) is 1. The standard InChI is InChI=1S/C12H12Cl2N2O3/c13-8-2-1-3-9(14)11(8)15-10(17)4-5-16-6-7-19-12(16)18/h1-3H,4-7H2,(H,15,17). The van der Waals surface area contributed by atoms with E-state index in [0.29, 0.717) is 35.4 Å². The second-order valence-corrected chi connectivity index (χ2v) is 4.81. The third-order valence-electron chi connectivity index (χ3n) is 2.68. The van der Waals surface area contributed by atoms with E-state index in [2.05, 4.69) is 5.32 Å². The summed E-state index contributed by atoms with van der Waals surface area (Å²) in [7, 11) is 0. The van der Waals surface area contributed by atoms with Crippen LogP contribution in [0, 0.1) is 0 Å². The van der Waals surface area contributed by atoms with Gasteiger partial charge in [0.1, 0.15) is 6.61 Å². The zero-order valence-electron chi connectivity index (χ0n) is 9.99. The maximum atomic E-state index is 11.8. The summed E-state index contributed by atoms with van der Waals surface area (Å²) in [6, 6.07) is 4.97. The van der Waals surface area contributed by atoms with E-state index in [4.69, 9.17) is 27.9 Å². The lowest BCUT2D eigenvalue weighted by molar-refractivity contribution is -0.116. The van der Waals surface area contributed by atoms with Gasteiger partial charge < -0.3 is 15.0 Å². The molecule has 102 valence electrons. The molecule has 1 aliphatic rings. The van der Waals surface area contributed by atoms with Crippen LogP contribution in [0.1, 0.15) is 6.42 Å². The van der Waals surface area contributed by atoms with E-state index in [-0.39, 0.29) is 18.4 Å². The number of benzene rings is 1. The highest BCUT2D eigenvalue weighted by Gasteiger charge is 2.22. The maximum absolute atomic E-state index is 11.8. The lowest BCUT2D eigenvalue weighted by Gasteiger charge is -2.13. The van der Waals surface area contributed by atoms with Gasteiger partial charge in [-0.25, -0.2) is 4.79 Å². The Balaban J connectivity index is 1.89. The molecule has 0 bridgehead atoms. The van der Waals surface area contributed by atoms with Crippen LogP contribution in [-0.2, 0) is 9.53 Å². The predicted molar refractivity (Wildman–Crippen MR) is 72.6 cm³/mol. The number of amides is 2. The molecule has 0 aromatic heterocycles. The average molecular weight is 303 g/mol. The molecule has 0 aliphatic carbocycles. The van der Waals surface area contributed by atoms with Crippen molar-refractivity contribution in [2.45, 2.75) is 6.42 Å². The Morgan fingerprint density at radius 2 is 2.05 bits per heavy atom. The van der Waals surface area contributed by atoms with Gasteiger partial charge in [-0.15, -0.1) is 0 Å². The number of hydrogen-bond donors (Lipinski definition) is 1. The summed E-state index contributed by atoms with van der Waals surface area (Å²) in [5.41, 5.74) is 0.389. The lowest BCUT2D eigenvalue weighted by Crippen LogP contribution is -2.28. The summed E-state index contributed by atoms with van der Waals surface area (Å²) in [5, 5.41) is 3.39. The number of para-hydroxylation sites is 1. The number of nitrogens with one attached hydrogen (secondary N) is 1. The molecular weight excluding hydrogens is 291 g/mol. The zero-order chi connectivity index (χ0) is 13.8. The van der Waals surface area contributed by atoms with Crippen molar-refractivity contribution in [3.63, 3.8) is 0 Å². The molecule has 1 fully saturated rings. The molecule has 0 atom stereocenters. The Hall–Kier alpha value is -1.46. The van der Waals surface area contributed by atoms with Gasteiger partial charge in [-0.3, -0.25) is 4.79 Å². The van der Waals surface area contributed by atoms with Crippen LogP contribution in [-0.4, -0.2) is 36.6 Å². The lowest BCUT2D eigenvalue weighted by atomic mass is 10.3. The van der Waals surface area contributed by atoms with Gasteiger partial charge in [-0.05, 0) is 12.1 Å². The first-order valence-electron chi connectivity index (χ1n) is 5.73. The Morgan fingerprint density at radius 1 is 1.37 bits per heavy atom. The molecule has 2 rings (SSSR count). The van der Waals surface area contributed by atoms with Crippen molar-refractivity contribution in [1.82, 2.24) is 4.90 Å². The predicted octanol–water partition coefficient (Wildman–Crippen LogP) is 2.77. The quantitative estimate of drug-likeness (QED) is 0.930. The van der Waals surface area contributed by atoms with Gasteiger partial charge >= 0.3 is 6.09 Å². The normalized spacial score (nSPS) is 14.4. The molecule has 5 nitrogen and oxygen atoms in total. The van der Waals surface area contributed by atoms with E-state index in [1.54, 1.807) is 18.2 Å². The number of hydrogen-bond acceptors (Lipinski definition) is 3. The minimum absolute atomic E-state index is 0.163. The fourth-order valence-electron chi connectivity index (χ4n) is 1.68. The Bertz CT molecular complexity index is 487. The van der Waals surface area contributed by atoms with Gasteiger partial charge in [0.2, 0.25) is 5.91 Å². The van der Waals surface area contributed by atoms with Crippen LogP contribution in [0.3, 0.4) is 0 Å². The van der Waals surface area contributed by atoms with Gasteiger partial charge in [0.05, 0.1) is 22.3 Å². The van der Waals surface area contributed by atoms with E-state index in [1.165, 1.54) is 4.90 Å². The fourth-order valence-corrected chi connectivity index (χ4v) is 2.18. The molecule has 1 N–H and O–H groups in total. The minimum Gasteiger partial charge on any atom is -0.448 e. The number of carbonyl (C=O) groups excluding carboxylic acids is 2. The molecule has 2 amide bonds. The number of anilines is 1. The Morgan fingerprint density at radius 3 is 2.63 bits per heavy atom. The first kappa shape index (κ1) is 14.0. The minimum atomic E-state index is -0.386. The molecule has 0 unspecified atom stereocenters. The molecule has 1 aromatic rings. The third-order valence-corrected chi connectivity index (χ3v) is 3.31. The summed E-state index contributed by atoms with van der Waals surface area (Å²) in [5.74, 6) is -0.255. The van der Waals surface area contributed by atoms with E-state index in [0.717, 1.165) is 0 Å². The molecule has 7 heteroatoms. The highest BCUT2D eigenvalue weighted by atomic mass is 35.5. The number of rotatable bonds is 4. The zero-order valence-corrected chi connectivity index (χ0v) is 11.5. The molecule has 19 heavy (non-hydrogen) atoms. The van der Waals surface area contributed by atoms with Gasteiger partial charge in [-0.2, -0.15) is 0 Å². The van der Waals surface area contributed by atoms with E-state index >= 15 is 0 Å². The first-order valence-corrected chi connectivity index (χ1v) is 6.49. The molecule has 0 radical (unpaired) electrons. The van der Waals surface area contributed by atoms with Crippen molar-refractivity contribution in [2.75, 3.05) is 25.0 Å². The van der Waals surface area contributed by atoms with Crippen molar-refractivity contribution < 1.29 is 14.3 Å². The maximum Gasteiger partial charge on any atom is 0.409 e. The topological polar surface area (TPSA) is 58.6 Å². The largest absolute Gasteiger partial charge is 0.448 e. The van der Waals surface area contributed by atoms with Crippen LogP contribution in [0.25, 0.3) is 0 Å². The number of ether oxygens (including phenoxy) is 1. The van der Waals surface area contributed by atoms with Crippen LogP contribution in [0.15, 0.2) is 18.2 Å². The van der Waals surface area contributed by atoms with Crippen molar-refractivity contribution in [2.24, 2.45) is 0 Å². The van der Waals surface area contributed by atoms with E-state index < -0.39 is 0 Å². The van der Waals surface area contributed by atoms with Crippen LogP contribution < -0.4 is 5.32 Å².